The maximum Gasteiger partial charge on any atom is 0.407 e. The average molecular weight is 384 g/mol. The van der Waals surface area contributed by atoms with E-state index in [0.717, 1.165) is 0 Å². The lowest BCUT2D eigenvalue weighted by Gasteiger charge is -2.32. The van der Waals surface area contributed by atoms with Crippen molar-refractivity contribution in [2.45, 2.75) is 50.2 Å². The van der Waals surface area contributed by atoms with Gasteiger partial charge in [0.2, 0.25) is 16.8 Å². The minimum Gasteiger partial charge on any atom is -0.454 e. The van der Waals surface area contributed by atoms with Gasteiger partial charge in [0.25, 0.3) is 0 Å². The fourth-order valence-corrected chi connectivity index (χ4v) is 4.39. The molecule has 2 aliphatic heterocycles. The predicted molar refractivity (Wildman–Crippen MR) is 93.7 cm³/mol. The largest absolute Gasteiger partial charge is 0.454 e. The lowest BCUT2D eigenvalue weighted by Crippen LogP contribution is -2.47. The molecule has 0 spiro atoms. The fourth-order valence-electron chi connectivity index (χ4n) is 2.90. The standard InChI is InChI=1S/C17H24N2O6S/c1-17(2,3)25-16(20)18-12-6-8-19(9-7-12)26(21,22)13-4-5-14-15(10-13)24-11-23-14/h4-5,10,12H,6-9,11H2,1-3H3,(H,18,20). The summed E-state index contributed by atoms with van der Waals surface area (Å²) in [4.78, 5) is 12.0. The molecular formula is C17H24N2O6S. The topological polar surface area (TPSA) is 94.2 Å². The van der Waals surface area contributed by atoms with Gasteiger partial charge < -0.3 is 19.5 Å². The Morgan fingerprint density at radius 3 is 2.50 bits per heavy atom. The summed E-state index contributed by atoms with van der Waals surface area (Å²) in [6.45, 7) is 6.16. The Balaban J connectivity index is 1.59. The third-order valence-corrected chi connectivity index (χ3v) is 6.05. The number of hydrogen-bond acceptors (Lipinski definition) is 6. The molecule has 1 saturated heterocycles. The highest BCUT2D eigenvalue weighted by molar-refractivity contribution is 7.89. The van der Waals surface area contributed by atoms with Gasteiger partial charge in [-0.05, 0) is 45.7 Å². The van der Waals surface area contributed by atoms with Crippen molar-refractivity contribution in [3.05, 3.63) is 18.2 Å². The third kappa shape index (κ3) is 4.21. The summed E-state index contributed by atoms with van der Waals surface area (Å²) in [6.07, 6.45) is 0.584. The van der Waals surface area contributed by atoms with Crippen molar-refractivity contribution >= 4 is 16.1 Å². The number of sulfonamides is 1. The van der Waals surface area contributed by atoms with Gasteiger partial charge in [-0.25, -0.2) is 13.2 Å². The Labute approximate surface area is 153 Å². The molecular weight excluding hydrogens is 360 g/mol. The zero-order valence-electron chi connectivity index (χ0n) is 15.1. The highest BCUT2D eigenvalue weighted by atomic mass is 32.2. The van der Waals surface area contributed by atoms with E-state index in [2.05, 4.69) is 5.32 Å². The lowest BCUT2D eigenvalue weighted by molar-refractivity contribution is 0.0489. The van der Waals surface area contributed by atoms with E-state index < -0.39 is 21.7 Å². The number of amides is 1. The van der Waals surface area contributed by atoms with Gasteiger partial charge in [0.15, 0.2) is 11.5 Å². The number of ether oxygens (including phenoxy) is 3. The Morgan fingerprint density at radius 1 is 1.19 bits per heavy atom. The van der Waals surface area contributed by atoms with Gasteiger partial charge in [-0.2, -0.15) is 4.31 Å². The average Bonchev–Trinajstić information content (AvgIpc) is 3.01. The third-order valence-electron chi connectivity index (χ3n) is 4.16. The molecule has 1 N–H and O–H groups in total. The van der Waals surface area contributed by atoms with Crippen molar-refractivity contribution in [2.24, 2.45) is 0 Å². The smallest absolute Gasteiger partial charge is 0.407 e. The molecule has 1 amide bonds. The lowest BCUT2D eigenvalue weighted by atomic mass is 10.1. The molecule has 0 radical (unpaired) electrons. The molecule has 1 fully saturated rings. The van der Waals surface area contributed by atoms with Crippen molar-refractivity contribution in [2.75, 3.05) is 19.9 Å². The molecule has 0 unspecified atom stereocenters. The number of carbonyl (C=O) groups excluding carboxylic acids is 1. The van der Waals surface area contributed by atoms with Crippen LogP contribution in [-0.4, -0.2) is 50.3 Å². The second kappa shape index (κ2) is 6.96. The number of benzene rings is 1. The van der Waals surface area contributed by atoms with Crippen molar-refractivity contribution in [3.63, 3.8) is 0 Å². The van der Waals surface area contributed by atoms with E-state index >= 15 is 0 Å². The van der Waals surface area contributed by atoms with E-state index in [-0.39, 0.29) is 17.7 Å². The molecule has 0 atom stereocenters. The second-order valence-electron chi connectivity index (χ2n) is 7.34. The van der Waals surface area contributed by atoms with E-state index in [0.29, 0.717) is 37.4 Å². The van der Waals surface area contributed by atoms with Crippen LogP contribution in [-0.2, 0) is 14.8 Å². The molecule has 0 aromatic heterocycles. The van der Waals surface area contributed by atoms with Gasteiger partial charge in [0.1, 0.15) is 5.60 Å². The molecule has 2 aliphatic rings. The first kappa shape index (κ1) is 18.8. The Bertz CT molecular complexity index is 779. The van der Waals surface area contributed by atoms with Gasteiger partial charge in [0.05, 0.1) is 4.90 Å². The zero-order valence-corrected chi connectivity index (χ0v) is 16.0. The van der Waals surface area contributed by atoms with Crippen LogP contribution in [0.4, 0.5) is 4.79 Å². The number of nitrogens with one attached hydrogen (secondary N) is 1. The van der Waals surface area contributed by atoms with Crippen LogP contribution in [0.25, 0.3) is 0 Å². The van der Waals surface area contributed by atoms with Gasteiger partial charge in [-0.1, -0.05) is 0 Å². The van der Waals surface area contributed by atoms with Crippen molar-refractivity contribution < 1.29 is 27.4 Å². The summed E-state index contributed by atoms with van der Waals surface area (Å²) >= 11 is 0. The summed E-state index contributed by atoms with van der Waals surface area (Å²) in [5, 5.41) is 2.80. The first-order valence-electron chi connectivity index (χ1n) is 8.54. The maximum atomic E-state index is 12.8. The molecule has 0 aliphatic carbocycles. The van der Waals surface area contributed by atoms with E-state index in [1.165, 1.54) is 16.4 Å². The van der Waals surface area contributed by atoms with Crippen molar-refractivity contribution in [3.8, 4) is 11.5 Å². The van der Waals surface area contributed by atoms with Crippen LogP contribution in [0.1, 0.15) is 33.6 Å². The normalized spacial score (nSPS) is 18.6. The molecule has 0 saturated carbocycles. The molecule has 1 aromatic carbocycles. The Morgan fingerprint density at radius 2 is 1.85 bits per heavy atom. The summed E-state index contributed by atoms with van der Waals surface area (Å²) in [6, 6.07) is 4.51. The van der Waals surface area contributed by atoms with Gasteiger partial charge >= 0.3 is 6.09 Å². The van der Waals surface area contributed by atoms with E-state index in [9.17, 15) is 13.2 Å². The van der Waals surface area contributed by atoms with Gasteiger partial charge in [-0.15, -0.1) is 0 Å². The Kier molecular flexibility index (Phi) is 5.03. The highest BCUT2D eigenvalue weighted by Gasteiger charge is 2.31. The van der Waals surface area contributed by atoms with Crippen LogP contribution in [0.15, 0.2) is 23.1 Å². The van der Waals surface area contributed by atoms with Crippen LogP contribution in [0.2, 0.25) is 0 Å². The number of nitrogens with zero attached hydrogens (tertiary/aromatic N) is 1. The van der Waals surface area contributed by atoms with Crippen molar-refractivity contribution in [1.82, 2.24) is 9.62 Å². The van der Waals surface area contributed by atoms with Crippen LogP contribution < -0.4 is 14.8 Å². The highest BCUT2D eigenvalue weighted by Crippen LogP contribution is 2.35. The van der Waals surface area contributed by atoms with E-state index in [4.69, 9.17) is 14.2 Å². The number of piperidine rings is 1. The SMILES string of the molecule is CC(C)(C)OC(=O)NC1CCN(S(=O)(=O)c2ccc3c(c2)OCO3)CC1. The van der Waals surface area contributed by atoms with Crippen molar-refractivity contribution in [1.29, 1.82) is 0 Å². The number of rotatable bonds is 3. The van der Waals surface area contributed by atoms with E-state index in [1.54, 1.807) is 26.8 Å². The first-order chi connectivity index (χ1) is 12.1. The number of carbonyl (C=O) groups is 1. The van der Waals surface area contributed by atoms with Crippen LogP contribution in [0.5, 0.6) is 11.5 Å². The minimum atomic E-state index is -3.61. The van der Waals surface area contributed by atoms with Crippen LogP contribution in [0.3, 0.4) is 0 Å². The Hall–Kier alpha value is -2.00. The first-order valence-corrected chi connectivity index (χ1v) is 9.98. The predicted octanol–water partition coefficient (Wildman–Crippen LogP) is 2.09. The number of alkyl carbamates (subject to hydrolysis) is 1. The summed E-state index contributed by atoms with van der Waals surface area (Å²) < 4.78 is 42.8. The van der Waals surface area contributed by atoms with Gasteiger partial charge in [0, 0.05) is 25.2 Å². The maximum absolute atomic E-state index is 12.8. The minimum absolute atomic E-state index is 0.0978. The van der Waals surface area contributed by atoms with Gasteiger partial charge in [-0.3, -0.25) is 0 Å². The summed E-state index contributed by atoms with van der Waals surface area (Å²) in [7, 11) is -3.61. The molecule has 1 aromatic rings. The molecule has 2 heterocycles. The molecule has 3 rings (SSSR count). The van der Waals surface area contributed by atoms with Crippen LogP contribution in [0, 0.1) is 0 Å². The van der Waals surface area contributed by atoms with E-state index in [1.807, 2.05) is 0 Å². The molecule has 144 valence electrons. The zero-order chi connectivity index (χ0) is 18.9. The summed E-state index contributed by atoms with van der Waals surface area (Å²) in [5.41, 5.74) is -0.562. The number of fused-ring (bicyclic) bond motifs is 1. The number of hydrogen-bond donors (Lipinski definition) is 1. The monoisotopic (exact) mass is 384 g/mol. The second-order valence-corrected chi connectivity index (χ2v) is 9.28. The molecule has 0 bridgehead atoms. The molecule has 8 nitrogen and oxygen atoms in total. The molecule has 26 heavy (non-hydrogen) atoms. The quantitative estimate of drug-likeness (QED) is 0.858. The summed E-state index contributed by atoms with van der Waals surface area (Å²) in [5.74, 6) is 0.983. The van der Waals surface area contributed by atoms with Crippen LogP contribution >= 0.6 is 0 Å². The molecule has 9 heteroatoms. The fraction of sp³-hybridized carbons (Fsp3) is 0.588.